The zero-order chi connectivity index (χ0) is 9.56. The second-order valence-corrected chi connectivity index (χ2v) is 2.39. The first-order valence-corrected chi connectivity index (χ1v) is 3.77. The van der Waals surface area contributed by atoms with E-state index in [9.17, 15) is 4.79 Å². The molecule has 0 bridgehead atoms. The van der Waals surface area contributed by atoms with E-state index < -0.39 is 5.97 Å². The van der Waals surface area contributed by atoms with E-state index in [0.29, 0.717) is 12.2 Å². The monoisotopic (exact) mass is 174 g/mol. The number of rotatable bonds is 4. The van der Waals surface area contributed by atoms with Gasteiger partial charge < -0.3 is 4.74 Å². The van der Waals surface area contributed by atoms with E-state index in [2.05, 4.69) is 4.89 Å². The van der Waals surface area contributed by atoms with E-state index in [4.69, 9.17) is 9.99 Å². The van der Waals surface area contributed by atoms with Gasteiger partial charge >= 0.3 is 5.97 Å². The Morgan fingerprint density at radius 3 is 2.67 bits per heavy atom. The number of hydrogen-bond acceptors (Lipinski definition) is 4. The summed E-state index contributed by atoms with van der Waals surface area (Å²) in [7, 11) is 0. The van der Waals surface area contributed by atoms with Crippen molar-refractivity contribution in [2.45, 2.75) is 26.9 Å². The van der Waals surface area contributed by atoms with Crippen molar-refractivity contribution in [3.8, 4) is 0 Å². The number of ether oxygens (including phenoxy) is 1. The molecule has 0 radical (unpaired) electrons. The molecule has 0 fully saturated rings. The summed E-state index contributed by atoms with van der Waals surface area (Å²) in [6, 6.07) is 0. The maximum Gasteiger partial charge on any atom is 0.368 e. The summed E-state index contributed by atoms with van der Waals surface area (Å²) in [5, 5.41) is 8.02. The van der Waals surface area contributed by atoms with Crippen LogP contribution in [0, 0.1) is 0 Å². The zero-order valence-corrected chi connectivity index (χ0v) is 7.53. The standard InChI is InChI=1S/C8H14O4/c1-4-11-7(3)5-6(2)8(9)12-10/h5,7,10H,4H2,1-3H3. The third-order valence-corrected chi connectivity index (χ3v) is 1.32. The Kier molecular flexibility index (Phi) is 5.32. The Balaban J connectivity index is 4.05. The molecule has 0 heterocycles. The largest absolute Gasteiger partial charge is 0.375 e. The van der Waals surface area contributed by atoms with E-state index in [1.807, 2.05) is 6.92 Å². The second-order valence-electron chi connectivity index (χ2n) is 2.39. The molecular formula is C8H14O4. The molecule has 1 N–H and O–H groups in total. The summed E-state index contributed by atoms with van der Waals surface area (Å²) in [5.41, 5.74) is 0.332. The fourth-order valence-electron chi connectivity index (χ4n) is 0.803. The molecule has 0 rings (SSSR count). The van der Waals surface area contributed by atoms with Crippen LogP contribution in [0.5, 0.6) is 0 Å². The number of hydrogen-bond donors (Lipinski definition) is 1. The molecule has 0 aliphatic carbocycles. The SMILES string of the molecule is CCOC(C)C=C(C)C(=O)OO. The minimum Gasteiger partial charge on any atom is -0.375 e. The molecule has 0 aromatic rings. The van der Waals surface area contributed by atoms with Crippen molar-refractivity contribution in [2.24, 2.45) is 0 Å². The van der Waals surface area contributed by atoms with Crippen LogP contribution in [0.2, 0.25) is 0 Å². The van der Waals surface area contributed by atoms with E-state index in [-0.39, 0.29) is 6.10 Å². The molecule has 4 nitrogen and oxygen atoms in total. The van der Waals surface area contributed by atoms with E-state index >= 15 is 0 Å². The van der Waals surface area contributed by atoms with Crippen LogP contribution in [0.4, 0.5) is 0 Å². The van der Waals surface area contributed by atoms with Gasteiger partial charge in [-0.15, -0.1) is 0 Å². The van der Waals surface area contributed by atoms with Crippen LogP contribution >= 0.6 is 0 Å². The normalized spacial score (nSPS) is 14.2. The molecule has 0 saturated carbocycles. The maximum atomic E-state index is 10.7. The van der Waals surface area contributed by atoms with Crippen LogP contribution < -0.4 is 0 Å². The second kappa shape index (κ2) is 5.74. The highest BCUT2D eigenvalue weighted by Gasteiger charge is 2.06. The van der Waals surface area contributed by atoms with Gasteiger partial charge in [-0.3, -0.25) is 4.89 Å². The lowest BCUT2D eigenvalue weighted by Crippen LogP contribution is -2.09. The average Bonchev–Trinajstić information content (AvgIpc) is 2.03. The molecule has 0 aliphatic heterocycles. The van der Waals surface area contributed by atoms with Gasteiger partial charge in [-0.05, 0) is 26.8 Å². The third-order valence-electron chi connectivity index (χ3n) is 1.32. The van der Waals surface area contributed by atoms with Crippen LogP contribution in [0.15, 0.2) is 11.6 Å². The van der Waals surface area contributed by atoms with Crippen molar-refractivity contribution < 1.29 is 19.7 Å². The van der Waals surface area contributed by atoms with Crippen LogP contribution in [0.3, 0.4) is 0 Å². The topological polar surface area (TPSA) is 55.8 Å². The first-order chi connectivity index (χ1) is 5.61. The highest BCUT2D eigenvalue weighted by Crippen LogP contribution is 2.01. The van der Waals surface area contributed by atoms with E-state index in [0.717, 1.165) is 0 Å². The minimum atomic E-state index is -0.749. The average molecular weight is 174 g/mol. The lowest BCUT2D eigenvalue weighted by molar-refractivity contribution is -0.229. The molecule has 0 aromatic heterocycles. The van der Waals surface area contributed by atoms with Crippen molar-refractivity contribution in [1.82, 2.24) is 0 Å². The van der Waals surface area contributed by atoms with Crippen molar-refractivity contribution in [1.29, 1.82) is 0 Å². The molecule has 4 heteroatoms. The lowest BCUT2D eigenvalue weighted by Gasteiger charge is -2.06. The Labute approximate surface area is 71.7 Å². The van der Waals surface area contributed by atoms with Crippen LogP contribution in [-0.4, -0.2) is 23.9 Å². The van der Waals surface area contributed by atoms with Crippen molar-refractivity contribution in [3.05, 3.63) is 11.6 Å². The Morgan fingerprint density at radius 2 is 2.25 bits per heavy atom. The van der Waals surface area contributed by atoms with Gasteiger partial charge in [0.2, 0.25) is 0 Å². The quantitative estimate of drug-likeness (QED) is 0.397. The maximum absolute atomic E-state index is 10.7. The van der Waals surface area contributed by atoms with E-state index in [1.165, 1.54) is 0 Å². The van der Waals surface area contributed by atoms with Gasteiger partial charge in [0, 0.05) is 12.2 Å². The molecule has 12 heavy (non-hydrogen) atoms. The first kappa shape index (κ1) is 11.1. The summed E-state index contributed by atoms with van der Waals surface area (Å²) in [5.74, 6) is -0.749. The van der Waals surface area contributed by atoms with Gasteiger partial charge in [-0.1, -0.05) is 0 Å². The van der Waals surface area contributed by atoms with Crippen LogP contribution in [0.25, 0.3) is 0 Å². The first-order valence-electron chi connectivity index (χ1n) is 3.77. The highest BCUT2D eigenvalue weighted by molar-refractivity contribution is 5.87. The highest BCUT2D eigenvalue weighted by atomic mass is 17.1. The van der Waals surface area contributed by atoms with Gasteiger partial charge in [-0.2, -0.15) is 5.26 Å². The van der Waals surface area contributed by atoms with Crippen molar-refractivity contribution in [2.75, 3.05) is 6.61 Å². The Bertz CT molecular complexity index is 174. The van der Waals surface area contributed by atoms with Gasteiger partial charge in [0.25, 0.3) is 0 Å². The molecule has 0 amide bonds. The molecule has 0 saturated heterocycles. The van der Waals surface area contributed by atoms with E-state index in [1.54, 1.807) is 19.9 Å². The summed E-state index contributed by atoms with van der Waals surface area (Å²) in [6.45, 7) is 5.80. The zero-order valence-electron chi connectivity index (χ0n) is 7.53. The van der Waals surface area contributed by atoms with Crippen LogP contribution in [-0.2, 0) is 14.4 Å². The van der Waals surface area contributed by atoms with Crippen LogP contribution in [0.1, 0.15) is 20.8 Å². The predicted molar refractivity (Wildman–Crippen MR) is 43.6 cm³/mol. The Morgan fingerprint density at radius 1 is 1.67 bits per heavy atom. The number of carbonyl (C=O) groups excluding carboxylic acids is 1. The number of carbonyl (C=O) groups is 1. The summed E-state index contributed by atoms with van der Waals surface area (Å²) in [6.07, 6.45) is 1.44. The molecule has 0 spiro atoms. The summed E-state index contributed by atoms with van der Waals surface area (Å²) < 4.78 is 5.14. The van der Waals surface area contributed by atoms with Gasteiger partial charge in [0.05, 0.1) is 6.10 Å². The third kappa shape index (κ3) is 4.10. The van der Waals surface area contributed by atoms with Crippen molar-refractivity contribution >= 4 is 5.97 Å². The summed E-state index contributed by atoms with van der Waals surface area (Å²) >= 11 is 0. The Hall–Kier alpha value is -0.870. The molecule has 0 aliphatic rings. The minimum absolute atomic E-state index is 0.144. The van der Waals surface area contributed by atoms with Crippen molar-refractivity contribution in [3.63, 3.8) is 0 Å². The summed E-state index contributed by atoms with van der Waals surface area (Å²) in [4.78, 5) is 14.2. The predicted octanol–water partition coefficient (Wildman–Crippen LogP) is 1.37. The fraction of sp³-hybridized carbons (Fsp3) is 0.625. The van der Waals surface area contributed by atoms with Gasteiger partial charge in [0.1, 0.15) is 0 Å². The van der Waals surface area contributed by atoms with Gasteiger partial charge in [-0.25, -0.2) is 4.79 Å². The molecular weight excluding hydrogens is 160 g/mol. The fourth-order valence-corrected chi connectivity index (χ4v) is 0.803. The molecule has 1 unspecified atom stereocenters. The van der Waals surface area contributed by atoms with Gasteiger partial charge in [0.15, 0.2) is 0 Å². The lowest BCUT2D eigenvalue weighted by atomic mass is 10.2. The molecule has 70 valence electrons. The smallest absolute Gasteiger partial charge is 0.368 e. The molecule has 0 aromatic carbocycles. The molecule has 1 atom stereocenters.